The van der Waals surface area contributed by atoms with Crippen LogP contribution < -0.4 is 0 Å². The molecule has 0 bridgehead atoms. The summed E-state index contributed by atoms with van der Waals surface area (Å²) < 4.78 is 0. The average molecular weight is 185 g/mol. The molecule has 1 atom stereocenters. The summed E-state index contributed by atoms with van der Waals surface area (Å²) in [5.41, 5.74) is -1.28. The van der Waals surface area contributed by atoms with Gasteiger partial charge in [-0.05, 0) is 0 Å². The fraction of sp³-hybridized carbons (Fsp3) is 1.00. The van der Waals surface area contributed by atoms with Gasteiger partial charge in [0.1, 0.15) is 0 Å². The molecule has 0 rings (SSSR count). The molecule has 0 aromatic heterocycles. The van der Waals surface area contributed by atoms with E-state index in [0.29, 0.717) is 0 Å². The van der Waals surface area contributed by atoms with Gasteiger partial charge in [0.15, 0.2) is 0 Å². The van der Waals surface area contributed by atoms with Gasteiger partial charge in [-0.3, -0.25) is 0 Å². The molecule has 0 saturated carbocycles. The van der Waals surface area contributed by atoms with Crippen LogP contribution in [0.5, 0.6) is 0 Å². The Balaban J connectivity index is 4.26. The van der Waals surface area contributed by atoms with Crippen molar-refractivity contribution in [1.29, 1.82) is 0 Å². The molecule has 0 heterocycles. The molecular formula is C6H13ClO4. The van der Waals surface area contributed by atoms with Gasteiger partial charge in [0.05, 0.1) is 31.3 Å². The first-order valence-electron chi connectivity index (χ1n) is 3.23. The van der Waals surface area contributed by atoms with E-state index in [2.05, 4.69) is 0 Å². The van der Waals surface area contributed by atoms with Crippen molar-refractivity contribution in [3.63, 3.8) is 0 Å². The molecule has 4 N–H and O–H groups in total. The Hall–Kier alpha value is 0.130. The summed E-state index contributed by atoms with van der Waals surface area (Å²) in [6, 6.07) is 0. The van der Waals surface area contributed by atoms with E-state index < -0.39 is 31.3 Å². The number of hydrogen-bond acceptors (Lipinski definition) is 4. The van der Waals surface area contributed by atoms with E-state index in [1.54, 1.807) is 0 Å². The maximum Gasteiger partial charge on any atom is 0.0797 e. The van der Waals surface area contributed by atoms with Crippen LogP contribution in [0.2, 0.25) is 0 Å². The van der Waals surface area contributed by atoms with Crippen molar-refractivity contribution >= 4 is 11.6 Å². The monoisotopic (exact) mass is 184 g/mol. The van der Waals surface area contributed by atoms with Gasteiger partial charge in [0, 0.05) is 5.88 Å². The molecule has 0 aliphatic carbocycles. The zero-order valence-corrected chi connectivity index (χ0v) is 6.83. The lowest BCUT2D eigenvalue weighted by Crippen LogP contribution is -2.46. The molecular weight excluding hydrogens is 172 g/mol. The summed E-state index contributed by atoms with van der Waals surface area (Å²) in [4.78, 5) is 0. The summed E-state index contributed by atoms with van der Waals surface area (Å²) in [6.45, 7) is -1.48. The lowest BCUT2D eigenvalue weighted by molar-refractivity contribution is -0.0736. The summed E-state index contributed by atoms with van der Waals surface area (Å²) >= 11 is 5.29. The first-order valence-corrected chi connectivity index (χ1v) is 3.77. The molecule has 68 valence electrons. The third kappa shape index (κ3) is 2.28. The topological polar surface area (TPSA) is 80.9 Å². The minimum Gasteiger partial charge on any atom is -0.396 e. The van der Waals surface area contributed by atoms with E-state index in [1.165, 1.54) is 0 Å². The van der Waals surface area contributed by atoms with Gasteiger partial charge >= 0.3 is 0 Å². The Morgan fingerprint density at radius 2 is 1.45 bits per heavy atom. The van der Waals surface area contributed by atoms with Gasteiger partial charge in [0.25, 0.3) is 0 Å². The number of halogens is 1. The fourth-order valence-electron chi connectivity index (χ4n) is 0.630. The summed E-state index contributed by atoms with van der Waals surface area (Å²) in [7, 11) is 0. The highest BCUT2D eigenvalue weighted by Gasteiger charge is 2.35. The Morgan fingerprint density at radius 3 is 1.55 bits per heavy atom. The van der Waals surface area contributed by atoms with Crippen LogP contribution in [0.15, 0.2) is 0 Å². The molecule has 5 heteroatoms. The summed E-state index contributed by atoms with van der Waals surface area (Å²) in [5.74, 6) is -0.123. The SMILES string of the molecule is OCC(CO)(CO)C(O)CCl. The first-order chi connectivity index (χ1) is 5.16. The first kappa shape index (κ1) is 11.1. The molecule has 0 aliphatic rings. The Kier molecular flexibility index (Phi) is 4.96. The van der Waals surface area contributed by atoms with Crippen LogP contribution in [0, 0.1) is 5.41 Å². The molecule has 0 radical (unpaired) electrons. The van der Waals surface area contributed by atoms with Crippen molar-refractivity contribution in [2.24, 2.45) is 5.41 Å². The Labute approximate surface area is 70.0 Å². The highest BCUT2D eigenvalue weighted by Crippen LogP contribution is 2.20. The predicted molar refractivity (Wildman–Crippen MR) is 40.4 cm³/mol. The van der Waals surface area contributed by atoms with E-state index in [-0.39, 0.29) is 5.88 Å². The van der Waals surface area contributed by atoms with Crippen LogP contribution in [0.25, 0.3) is 0 Å². The molecule has 4 nitrogen and oxygen atoms in total. The maximum atomic E-state index is 9.16. The van der Waals surface area contributed by atoms with Crippen molar-refractivity contribution in [3.8, 4) is 0 Å². The van der Waals surface area contributed by atoms with E-state index in [0.717, 1.165) is 0 Å². The van der Waals surface area contributed by atoms with Crippen LogP contribution in [-0.2, 0) is 0 Å². The molecule has 1 unspecified atom stereocenters. The predicted octanol–water partition coefficient (Wildman–Crippen LogP) is -1.45. The minimum absolute atomic E-state index is 0.123. The van der Waals surface area contributed by atoms with Crippen LogP contribution in [0.3, 0.4) is 0 Å². The highest BCUT2D eigenvalue weighted by atomic mass is 35.5. The number of aliphatic hydroxyl groups is 4. The normalized spacial score (nSPS) is 15.0. The van der Waals surface area contributed by atoms with E-state index in [9.17, 15) is 0 Å². The maximum absolute atomic E-state index is 9.16. The Bertz CT molecular complexity index is 96.5. The van der Waals surface area contributed by atoms with Crippen LogP contribution in [0.4, 0.5) is 0 Å². The summed E-state index contributed by atoms with van der Waals surface area (Å²) in [6.07, 6.45) is -1.09. The smallest absolute Gasteiger partial charge is 0.0797 e. The second-order valence-electron chi connectivity index (χ2n) is 2.51. The van der Waals surface area contributed by atoms with Gasteiger partial charge in [-0.1, -0.05) is 0 Å². The second-order valence-corrected chi connectivity index (χ2v) is 2.82. The van der Waals surface area contributed by atoms with Crippen molar-refractivity contribution in [3.05, 3.63) is 0 Å². The van der Waals surface area contributed by atoms with Gasteiger partial charge in [-0.15, -0.1) is 11.6 Å². The molecule has 0 aromatic rings. The van der Waals surface area contributed by atoms with Gasteiger partial charge in [-0.2, -0.15) is 0 Å². The van der Waals surface area contributed by atoms with E-state index >= 15 is 0 Å². The number of aliphatic hydroxyl groups excluding tert-OH is 4. The van der Waals surface area contributed by atoms with Crippen LogP contribution in [-0.4, -0.2) is 52.2 Å². The van der Waals surface area contributed by atoms with Crippen molar-refractivity contribution in [2.45, 2.75) is 6.10 Å². The van der Waals surface area contributed by atoms with Gasteiger partial charge in [-0.25, -0.2) is 0 Å². The Morgan fingerprint density at radius 1 is 1.09 bits per heavy atom. The highest BCUT2D eigenvalue weighted by molar-refractivity contribution is 6.18. The number of rotatable bonds is 5. The molecule has 0 aliphatic heterocycles. The standard InChI is InChI=1S/C6H13ClO4/c7-1-5(11)6(2-8,3-9)4-10/h5,8-11H,1-4H2. The lowest BCUT2D eigenvalue weighted by atomic mass is 9.85. The zero-order valence-electron chi connectivity index (χ0n) is 6.07. The second kappa shape index (κ2) is 4.90. The quantitative estimate of drug-likeness (QED) is 0.394. The lowest BCUT2D eigenvalue weighted by Gasteiger charge is -2.31. The van der Waals surface area contributed by atoms with E-state index in [1.807, 2.05) is 0 Å². The van der Waals surface area contributed by atoms with Crippen molar-refractivity contribution in [1.82, 2.24) is 0 Å². The average Bonchev–Trinajstić information content (AvgIpc) is 2.08. The van der Waals surface area contributed by atoms with Crippen molar-refractivity contribution < 1.29 is 20.4 Å². The third-order valence-corrected chi connectivity index (χ3v) is 2.09. The summed E-state index contributed by atoms with van der Waals surface area (Å²) in [5, 5.41) is 35.4. The fourth-order valence-corrected chi connectivity index (χ4v) is 0.957. The van der Waals surface area contributed by atoms with Gasteiger partial charge in [0.2, 0.25) is 0 Å². The minimum atomic E-state index is -1.28. The zero-order chi connectivity index (χ0) is 8.91. The molecule has 0 aromatic carbocycles. The largest absolute Gasteiger partial charge is 0.396 e. The molecule has 0 saturated heterocycles. The third-order valence-electron chi connectivity index (χ3n) is 1.80. The van der Waals surface area contributed by atoms with Crippen LogP contribution >= 0.6 is 11.6 Å². The number of hydrogen-bond donors (Lipinski definition) is 4. The van der Waals surface area contributed by atoms with Crippen molar-refractivity contribution in [2.75, 3.05) is 25.7 Å². The van der Waals surface area contributed by atoms with E-state index in [4.69, 9.17) is 32.0 Å². The molecule has 0 spiro atoms. The number of alkyl halides is 1. The van der Waals surface area contributed by atoms with Gasteiger partial charge < -0.3 is 20.4 Å². The molecule has 0 amide bonds. The van der Waals surface area contributed by atoms with Crippen LogP contribution in [0.1, 0.15) is 0 Å². The molecule has 11 heavy (non-hydrogen) atoms. The molecule has 0 fully saturated rings.